The second-order valence-electron chi connectivity index (χ2n) is 4.54. The zero-order valence-corrected chi connectivity index (χ0v) is 9.80. The number of nitrogens with two attached hydrogens (primary N) is 1. The molecule has 0 saturated carbocycles. The third-order valence-electron chi connectivity index (χ3n) is 3.42. The third-order valence-corrected chi connectivity index (χ3v) is 3.42. The summed E-state index contributed by atoms with van der Waals surface area (Å²) in [6.07, 6.45) is 1.45. The molecule has 0 fully saturated rings. The highest BCUT2D eigenvalue weighted by molar-refractivity contribution is 5.83. The van der Waals surface area contributed by atoms with Gasteiger partial charge in [-0.1, -0.05) is 12.1 Å². The molecule has 3 rings (SSSR count). The molecule has 18 heavy (non-hydrogen) atoms. The van der Waals surface area contributed by atoms with Gasteiger partial charge in [0.25, 0.3) is 5.56 Å². The number of aromatic nitrogens is 2. The van der Waals surface area contributed by atoms with Gasteiger partial charge in [-0.2, -0.15) is 0 Å². The van der Waals surface area contributed by atoms with E-state index in [0.29, 0.717) is 29.7 Å². The molecule has 5 nitrogen and oxygen atoms in total. The van der Waals surface area contributed by atoms with Crippen molar-refractivity contribution in [2.45, 2.75) is 25.3 Å². The van der Waals surface area contributed by atoms with Crippen molar-refractivity contribution in [1.82, 2.24) is 9.55 Å². The number of nitrogens with zero attached hydrogens (tertiary/aromatic N) is 2. The molecule has 0 saturated heterocycles. The maximum Gasteiger partial charge on any atom is 0.261 e. The Morgan fingerprint density at radius 1 is 1.39 bits per heavy atom. The fourth-order valence-corrected chi connectivity index (χ4v) is 2.52. The van der Waals surface area contributed by atoms with E-state index >= 15 is 0 Å². The molecule has 92 valence electrons. The van der Waals surface area contributed by atoms with Gasteiger partial charge in [-0.15, -0.1) is 0 Å². The van der Waals surface area contributed by atoms with Crippen LogP contribution in [0.1, 0.15) is 24.6 Å². The lowest BCUT2D eigenvalue weighted by atomic mass is 9.97. The topological polar surface area (TPSA) is 78.0 Å². The number of hydrogen-bond acceptors (Lipinski definition) is 3. The molecule has 1 aromatic carbocycles. The van der Waals surface area contributed by atoms with Gasteiger partial charge in [-0.25, -0.2) is 4.98 Å². The molecule has 0 radical (unpaired) electrons. The second-order valence-corrected chi connectivity index (χ2v) is 4.54. The Kier molecular flexibility index (Phi) is 2.40. The second kappa shape index (κ2) is 3.94. The van der Waals surface area contributed by atoms with Crippen LogP contribution in [-0.2, 0) is 11.3 Å². The molecule has 0 aliphatic carbocycles. The summed E-state index contributed by atoms with van der Waals surface area (Å²) in [6.45, 7) is 0.607. The van der Waals surface area contributed by atoms with Crippen LogP contribution in [0.4, 0.5) is 0 Å². The van der Waals surface area contributed by atoms with Gasteiger partial charge in [0.15, 0.2) is 0 Å². The molecule has 1 aliphatic heterocycles. The third kappa shape index (κ3) is 1.51. The lowest BCUT2D eigenvalue weighted by Crippen LogP contribution is -2.35. The maximum absolute atomic E-state index is 12.3. The minimum Gasteiger partial charge on any atom is -0.369 e. The van der Waals surface area contributed by atoms with E-state index in [4.69, 9.17) is 5.73 Å². The highest BCUT2D eigenvalue weighted by Crippen LogP contribution is 2.25. The summed E-state index contributed by atoms with van der Waals surface area (Å²) in [5.74, 6) is -0.348. The Balaban J connectivity index is 2.34. The van der Waals surface area contributed by atoms with E-state index in [1.807, 2.05) is 12.1 Å². The van der Waals surface area contributed by atoms with E-state index in [1.165, 1.54) is 0 Å². The maximum atomic E-state index is 12.3. The first kappa shape index (κ1) is 11.0. The van der Waals surface area contributed by atoms with E-state index in [0.717, 1.165) is 6.42 Å². The van der Waals surface area contributed by atoms with Crippen molar-refractivity contribution >= 4 is 16.8 Å². The number of amides is 1. The highest BCUT2D eigenvalue weighted by atomic mass is 16.1. The average Bonchev–Trinajstić information content (AvgIpc) is 2.38. The van der Waals surface area contributed by atoms with Crippen LogP contribution in [0.15, 0.2) is 29.1 Å². The number of fused-ring (bicyclic) bond motifs is 2. The van der Waals surface area contributed by atoms with Crippen molar-refractivity contribution in [1.29, 1.82) is 0 Å². The fraction of sp³-hybridized carbons (Fsp3) is 0.308. The van der Waals surface area contributed by atoms with Gasteiger partial charge in [0.2, 0.25) is 5.91 Å². The Morgan fingerprint density at radius 3 is 2.94 bits per heavy atom. The zero-order chi connectivity index (χ0) is 12.7. The first-order valence-corrected chi connectivity index (χ1v) is 5.97. The number of rotatable bonds is 1. The Bertz CT molecular complexity index is 690. The summed E-state index contributed by atoms with van der Waals surface area (Å²) in [5, 5.41) is 0.589. The van der Waals surface area contributed by atoms with E-state index in [1.54, 1.807) is 16.7 Å². The number of hydrogen-bond donors (Lipinski definition) is 1. The van der Waals surface area contributed by atoms with E-state index in [2.05, 4.69) is 4.98 Å². The van der Waals surface area contributed by atoms with Crippen molar-refractivity contribution in [2.24, 2.45) is 5.73 Å². The monoisotopic (exact) mass is 243 g/mol. The van der Waals surface area contributed by atoms with Gasteiger partial charge < -0.3 is 5.73 Å². The summed E-state index contributed by atoms with van der Waals surface area (Å²) < 4.78 is 1.58. The standard InChI is InChI=1S/C13H13N3O2/c14-11(17)9-5-3-7-16-12(9)15-10-6-2-1-4-8(10)13(16)18/h1-2,4,6,9H,3,5,7H2,(H2,14,17)/t9-/m0/s1. The summed E-state index contributed by atoms with van der Waals surface area (Å²) in [5.41, 5.74) is 5.93. The molecule has 1 aliphatic rings. The molecule has 2 aromatic rings. The van der Waals surface area contributed by atoms with Gasteiger partial charge >= 0.3 is 0 Å². The first-order chi connectivity index (χ1) is 8.68. The Labute approximate surface area is 103 Å². The Hall–Kier alpha value is -2.17. The molecule has 1 atom stereocenters. The molecule has 1 aromatic heterocycles. The summed E-state index contributed by atoms with van der Waals surface area (Å²) in [4.78, 5) is 28.2. The minimum atomic E-state index is -0.448. The van der Waals surface area contributed by atoms with E-state index in [-0.39, 0.29) is 5.56 Å². The van der Waals surface area contributed by atoms with E-state index < -0.39 is 11.8 Å². The van der Waals surface area contributed by atoms with Gasteiger partial charge in [-0.3, -0.25) is 14.2 Å². The number of para-hydroxylation sites is 1. The van der Waals surface area contributed by atoms with Crippen molar-refractivity contribution in [3.63, 3.8) is 0 Å². The lowest BCUT2D eigenvalue weighted by molar-refractivity contribution is -0.120. The summed E-state index contributed by atoms with van der Waals surface area (Å²) in [6, 6.07) is 7.18. The quantitative estimate of drug-likeness (QED) is 0.803. The normalized spacial score (nSPS) is 18.6. The SMILES string of the molecule is NC(=O)[C@@H]1CCCn2c1nc1ccccc1c2=O. The molecule has 1 amide bonds. The average molecular weight is 243 g/mol. The number of carbonyl (C=O) groups is 1. The van der Waals surface area contributed by atoms with Crippen molar-refractivity contribution in [3.05, 3.63) is 40.4 Å². The van der Waals surface area contributed by atoms with Crippen LogP contribution in [0.5, 0.6) is 0 Å². The van der Waals surface area contributed by atoms with Gasteiger partial charge in [0.05, 0.1) is 16.8 Å². The predicted octanol–water partition coefficient (Wildman–Crippen LogP) is 0.759. The van der Waals surface area contributed by atoms with Crippen LogP contribution in [0.2, 0.25) is 0 Å². The lowest BCUT2D eigenvalue weighted by Gasteiger charge is -2.23. The number of primary amides is 1. The predicted molar refractivity (Wildman–Crippen MR) is 67.2 cm³/mol. The molecule has 0 spiro atoms. The molecular formula is C13H13N3O2. The summed E-state index contributed by atoms with van der Waals surface area (Å²) >= 11 is 0. The molecular weight excluding hydrogens is 230 g/mol. The smallest absolute Gasteiger partial charge is 0.261 e. The van der Waals surface area contributed by atoms with Crippen LogP contribution in [0.3, 0.4) is 0 Å². The molecule has 0 unspecified atom stereocenters. The van der Waals surface area contributed by atoms with E-state index in [9.17, 15) is 9.59 Å². The van der Waals surface area contributed by atoms with Crippen LogP contribution in [-0.4, -0.2) is 15.5 Å². The van der Waals surface area contributed by atoms with Crippen molar-refractivity contribution < 1.29 is 4.79 Å². The number of benzene rings is 1. The molecule has 2 N–H and O–H groups in total. The molecule has 0 bridgehead atoms. The largest absolute Gasteiger partial charge is 0.369 e. The first-order valence-electron chi connectivity index (χ1n) is 5.97. The van der Waals surface area contributed by atoms with Gasteiger partial charge in [0, 0.05) is 6.54 Å². The van der Waals surface area contributed by atoms with Crippen LogP contribution >= 0.6 is 0 Å². The van der Waals surface area contributed by atoms with Crippen molar-refractivity contribution in [2.75, 3.05) is 0 Å². The molecule has 5 heteroatoms. The fourth-order valence-electron chi connectivity index (χ4n) is 2.52. The van der Waals surface area contributed by atoms with Crippen LogP contribution in [0, 0.1) is 0 Å². The number of carbonyl (C=O) groups excluding carboxylic acids is 1. The highest BCUT2D eigenvalue weighted by Gasteiger charge is 2.27. The zero-order valence-electron chi connectivity index (χ0n) is 9.80. The minimum absolute atomic E-state index is 0.0819. The van der Waals surface area contributed by atoms with Crippen LogP contribution in [0.25, 0.3) is 10.9 Å². The van der Waals surface area contributed by atoms with Gasteiger partial charge in [0.1, 0.15) is 5.82 Å². The molecule has 2 heterocycles. The summed E-state index contributed by atoms with van der Waals surface area (Å²) in [7, 11) is 0. The van der Waals surface area contributed by atoms with Gasteiger partial charge in [-0.05, 0) is 25.0 Å². The van der Waals surface area contributed by atoms with Crippen LogP contribution < -0.4 is 11.3 Å². The van der Waals surface area contributed by atoms with Crippen molar-refractivity contribution in [3.8, 4) is 0 Å². The Morgan fingerprint density at radius 2 is 2.17 bits per heavy atom.